The average molecular weight is 489 g/mol. The maximum absolute atomic E-state index is 12.6. The highest BCUT2D eigenvalue weighted by atomic mass is 35.5. The van der Waals surface area contributed by atoms with Gasteiger partial charge >= 0.3 is 0 Å². The van der Waals surface area contributed by atoms with Crippen molar-refractivity contribution in [1.82, 2.24) is 19.9 Å². The van der Waals surface area contributed by atoms with Gasteiger partial charge in [0.05, 0.1) is 26.6 Å². The number of hydrogen-bond acceptors (Lipinski definition) is 5. The molecule has 5 aromatic rings. The first-order valence-electron chi connectivity index (χ1n) is 10.4. The maximum Gasteiger partial charge on any atom is 0.255 e. The normalized spacial score (nSPS) is 10.9. The van der Waals surface area contributed by atoms with Crippen LogP contribution in [0.25, 0.3) is 22.4 Å². The summed E-state index contributed by atoms with van der Waals surface area (Å²) in [5.41, 5.74) is 4.53. The fourth-order valence-corrected chi connectivity index (χ4v) is 3.78. The molecule has 0 spiro atoms. The number of halogens is 2. The van der Waals surface area contributed by atoms with Crippen LogP contribution in [0.1, 0.15) is 15.9 Å². The first-order chi connectivity index (χ1) is 16.6. The summed E-state index contributed by atoms with van der Waals surface area (Å²) in [6.45, 7) is 0.609. The highest BCUT2D eigenvalue weighted by Crippen LogP contribution is 2.28. The van der Waals surface area contributed by atoms with E-state index < -0.39 is 0 Å². The van der Waals surface area contributed by atoms with E-state index in [1.165, 1.54) is 6.07 Å². The molecule has 0 saturated heterocycles. The van der Waals surface area contributed by atoms with Crippen molar-refractivity contribution in [3.63, 3.8) is 0 Å². The van der Waals surface area contributed by atoms with Gasteiger partial charge in [-0.3, -0.25) is 9.78 Å². The number of anilines is 2. The molecule has 7 nitrogen and oxygen atoms in total. The highest BCUT2D eigenvalue weighted by molar-refractivity contribution is 6.42. The van der Waals surface area contributed by atoms with Crippen LogP contribution < -0.4 is 10.6 Å². The van der Waals surface area contributed by atoms with Gasteiger partial charge < -0.3 is 15.6 Å². The fraction of sp³-hybridized carbons (Fsp3) is 0.0400. The molecule has 0 fully saturated rings. The SMILES string of the molecule is O=C(Nc1ccc2nc(-c3cccnc3NCc3ccncc3)[nH]c2c1)c1ccc(Cl)c(Cl)c1. The van der Waals surface area contributed by atoms with E-state index in [2.05, 4.69) is 25.6 Å². The molecule has 0 radical (unpaired) electrons. The number of nitrogens with one attached hydrogen (secondary N) is 3. The minimum atomic E-state index is -0.285. The van der Waals surface area contributed by atoms with Crippen molar-refractivity contribution in [2.75, 3.05) is 10.6 Å². The van der Waals surface area contributed by atoms with Gasteiger partial charge in [0.15, 0.2) is 0 Å². The van der Waals surface area contributed by atoms with Crippen LogP contribution in [-0.4, -0.2) is 25.8 Å². The minimum Gasteiger partial charge on any atom is -0.365 e. The zero-order valence-corrected chi connectivity index (χ0v) is 19.2. The molecule has 1 amide bonds. The molecule has 3 heterocycles. The van der Waals surface area contributed by atoms with Crippen LogP contribution in [0.3, 0.4) is 0 Å². The molecular weight excluding hydrogens is 471 g/mol. The predicted molar refractivity (Wildman–Crippen MR) is 135 cm³/mol. The molecule has 2 aromatic carbocycles. The summed E-state index contributed by atoms with van der Waals surface area (Å²) in [4.78, 5) is 29.2. The number of pyridine rings is 2. The number of aromatic amines is 1. The lowest BCUT2D eigenvalue weighted by molar-refractivity contribution is 0.102. The van der Waals surface area contributed by atoms with E-state index in [0.29, 0.717) is 39.5 Å². The summed E-state index contributed by atoms with van der Waals surface area (Å²) >= 11 is 12.0. The van der Waals surface area contributed by atoms with E-state index in [1.54, 1.807) is 36.8 Å². The minimum absolute atomic E-state index is 0.285. The van der Waals surface area contributed by atoms with Gasteiger partial charge in [-0.1, -0.05) is 23.2 Å². The molecule has 0 aliphatic heterocycles. The maximum atomic E-state index is 12.6. The Balaban J connectivity index is 1.38. The standard InChI is InChI=1S/C25H18Cl2N6O/c26-19-5-3-16(12-20(19)27)25(34)31-17-4-6-21-22(13-17)33-24(32-21)18-2-1-9-29-23(18)30-14-15-7-10-28-11-8-15/h1-13H,14H2,(H,29,30)(H,31,34)(H,32,33). The number of carbonyl (C=O) groups excluding carboxylic acids is 1. The molecular formula is C25H18Cl2N6O. The van der Waals surface area contributed by atoms with E-state index in [4.69, 9.17) is 28.2 Å². The number of nitrogens with zero attached hydrogens (tertiary/aromatic N) is 3. The van der Waals surface area contributed by atoms with Crippen molar-refractivity contribution in [2.24, 2.45) is 0 Å². The number of carbonyl (C=O) groups is 1. The molecule has 3 aromatic heterocycles. The third kappa shape index (κ3) is 4.71. The first kappa shape index (κ1) is 21.9. The molecule has 3 N–H and O–H groups in total. The van der Waals surface area contributed by atoms with E-state index in [-0.39, 0.29) is 5.91 Å². The number of aromatic nitrogens is 4. The Morgan fingerprint density at radius 2 is 1.79 bits per heavy atom. The second-order valence-corrected chi connectivity index (χ2v) is 8.32. The topological polar surface area (TPSA) is 95.6 Å². The molecule has 0 unspecified atom stereocenters. The average Bonchev–Trinajstić information content (AvgIpc) is 3.28. The van der Waals surface area contributed by atoms with Crippen LogP contribution in [0.2, 0.25) is 10.0 Å². The highest BCUT2D eigenvalue weighted by Gasteiger charge is 2.13. The van der Waals surface area contributed by atoms with Crippen LogP contribution >= 0.6 is 23.2 Å². The Kier molecular flexibility index (Phi) is 6.12. The quantitative estimate of drug-likeness (QED) is 0.264. The lowest BCUT2D eigenvalue weighted by atomic mass is 10.2. The molecule has 9 heteroatoms. The zero-order chi connectivity index (χ0) is 23.5. The second-order valence-electron chi connectivity index (χ2n) is 7.51. The third-order valence-electron chi connectivity index (χ3n) is 5.19. The molecule has 0 bridgehead atoms. The summed E-state index contributed by atoms with van der Waals surface area (Å²) in [5.74, 6) is 1.10. The monoisotopic (exact) mass is 488 g/mol. The summed E-state index contributed by atoms with van der Waals surface area (Å²) in [6.07, 6.45) is 5.25. The van der Waals surface area contributed by atoms with Crippen LogP contribution in [0.15, 0.2) is 79.3 Å². The van der Waals surface area contributed by atoms with Gasteiger partial charge in [-0.2, -0.15) is 0 Å². The van der Waals surface area contributed by atoms with Gasteiger partial charge in [0, 0.05) is 36.4 Å². The van der Waals surface area contributed by atoms with Gasteiger partial charge in [-0.15, -0.1) is 0 Å². The van der Waals surface area contributed by atoms with Crippen molar-refractivity contribution < 1.29 is 4.79 Å². The third-order valence-corrected chi connectivity index (χ3v) is 5.93. The lowest BCUT2D eigenvalue weighted by Gasteiger charge is -2.09. The van der Waals surface area contributed by atoms with E-state index >= 15 is 0 Å². The van der Waals surface area contributed by atoms with Gasteiger partial charge in [0.2, 0.25) is 0 Å². The number of fused-ring (bicyclic) bond motifs is 1. The van der Waals surface area contributed by atoms with Crippen LogP contribution in [0.5, 0.6) is 0 Å². The van der Waals surface area contributed by atoms with Crippen molar-refractivity contribution in [1.29, 1.82) is 0 Å². The number of H-pyrrole nitrogens is 1. The Morgan fingerprint density at radius 1 is 0.941 bits per heavy atom. The molecule has 0 aliphatic carbocycles. The Hall–Kier alpha value is -3.94. The Bertz CT molecular complexity index is 1490. The van der Waals surface area contributed by atoms with Crippen molar-refractivity contribution in [3.8, 4) is 11.4 Å². The molecule has 0 atom stereocenters. The number of benzene rings is 2. The lowest BCUT2D eigenvalue weighted by Crippen LogP contribution is -2.11. The number of rotatable bonds is 6. The summed E-state index contributed by atoms with van der Waals surface area (Å²) in [5, 5.41) is 6.96. The Labute approximate surface area is 205 Å². The zero-order valence-electron chi connectivity index (χ0n) is 17.7. The molecule has 0 aliphatic rings. The first-order valence-corrected chi connectivity index (χ1v) is 11.2. The molecule has 0 saturated carbocycles. The number of amides is 1. The summed E-state index contributed by atoms with van der Waals surface area (Å²) in [7, 11) is 0. The Morgan fingerprint density at radius 3 is 2.62 bits per heavy atom. The van der Waals surface area contributed by atoms with Gasteiger partial charge in [-0.05, 0) is 66.2 Å². The largest absolute Gasteiger partial charge is 0.365 e. The van der Waals surface area contributed by atoms with Gasteiger partial charge in [0.1, 0.15) is 11.6 Å². The van der Waals surface area contributed by atoms with Gasteiger partial charge in [-0.25, -0.2) is 9.97 Å². The number of hydrogen-bond donors (Lipinski definition) is 3. The fourth-order valence-electron chi connectivity index (χ4n) is 3.48. The van der Waals surface area contributed by atoms with Crippen LogP contribution in [0, 0.1) is 0 Å². The van der Waals surface area contributed by atoms with E-state index in [1.807, 2.05) is 36.4 Å². The van der Waals surface area contributed by atoms with Crippen LogP contribution in [0.4, 0.5) is 11.5 Å². The van der Waals surface area contributed by atoms with Crippen molar-refractivity contribution in [2.45, 2.75) is 6.54 Å². The molecule has 168 valence electrons. The molecule has 5 rings (SSSR count). The molecule has 34 heavy (non-hydrogen) atoms. The van der Waals surface area contributed by atoms with Crippen LogP contribution in [-0.2, 0) is 6.54 Å². The summed E-state index contributed by atoms with van der Waals surface area (Å²) in [6, 6.07) is 18.0. The number of imidazole rings is 1. The smallest absolute Gasteiger partial charge is 0.255 e. The second kappa shape index (κ2) is 9.51. The summed E-state index contributed by atoms with van der Waals surface area (Å²) < 4.78 is 0. The van der Waals surface area contributed by atoms with E-state index in [0.717, 1.165) is 22.2 Å². The predicted octanol–water partition coefficient (Wildman–Crippen LogP) is 6.19. The van der Waals surface area contributed by atoms with E-state index in [9.17, 15) is 4.79 Å². The van der Waals surface area contributed by atoms with Crippen molar-refractivity contribution >= 4 is 51.6 Å². The van der Waals surface area contributed by atoms with Gasteiger partial charge in [0.25, 0.3) is 5.91 Å². The van der Waals surface area contributed by atoms with Crippen molar-refractivity contribution in [3.05, 3.63) is 100 Å².